The second-order valence-corrected chi connectivity index (χ2v) is 7.19. The molecule has 2 aliphatic heterocycles. The Balaban J connectivity index is 1.67. The van der Waals surface area contributed by atoms with Gasteiger partial charge in [0.05, 0.1) is 59.6 Å². The lowest BCUT2D eigenvalue weighted by Gasteiger charge is -2.13. The number of fused-ring (bicyclic) bond motifs is 1. The Labute approximate surface area is 170 Å². The molecule has 1 saturated heterocycles. The number of hydrogen-bond donors (Lipinski definition) is 2. The van der Waals surface area contributed by atoms with E-state index in [1.807, 2.05) is 6.07 Å². The van der Waals surface area contributed by atoms with Crippen molar-refractivity contribution >= 4 is 5.91 Å². The Morgan fingerprint density at radius 2 is 2.13 bits per heavy atom. The molecular formula is C21H16FN5O3. The Bertz CT molecular complexity index is 1220. The van der Waals surface area contributed by atoms with Crippen LogP contribution < -0.4 is 5.32 Å². The van der Waals surface area contributed by atoms with Crippen LogP contribution in [0.4, 0.5) is 4.39 Å². The molecule has 5 rings (SSSR count). The third-order valence-corrected chi connectivity index (χ3v) is 5.37. The first-order chi connectivity index (χ1) is 14.6. The Kier molecular flexibility index (Phi) is 4.31. The summed E-state index contributed by atoms with van der Waals surface area (Å²) in [6.07, 6.45) is 1.04. The number of carbonyl (C=O) groups excluding carboxylic acids is 1. The van der Waals surface area contributed by atoms with Crippen LogP contribution in [0.1, 0.15) is 27.7 Å². The number of halogens is 1. The normalized spacial score (nSPS) is 20.1. The van der Waals surface area contributed by atoms with Gasteiger partial charge < -0.3 is 15.2 Å². The molecule has 2 N–H and O–H groups in total. The summed E-state index contributed by atoms with van der Waals surface area (Å²) in [4.78, 5) is 16.9. The molecule has 2 aliphatic rings. The molecule has 1 unspecified atom stereocenters. The zero-order valence-corrected chi connectivity index (χ0v) is 15.7. The minimum absolute atomic E-state index is 0.0856. The van der Waals surface area contributed by atoms with Crippen molar-refractivity contribution in [2.75, 3.05) is 13.2 Å². The smallest absolute Gasteiger partial charge is 0.254 e. The van der Waals surface area contributed by atoms with E-state index in [4.69, 9.17) is 4.74 Å². The van der Waals surface area contributed by atoms with Gasteiger partial charge in [0.2, 0.25) is 0 Å². The third kappa shape index (κ3) is 2.85. The standard InChI is InChI=1S/C21H16FN5O3/c22-13-3-1-2-11(7-23)19(13)15-6-12(20-16(25-15)8-24-21(20)29)14-4-5-27(26-14)17-9-30-10-18(17)28/h1-6,17-18,28H,8-10H2,(H,24,29)/t17?,18-/m0/s1. The minimum atomic E-state index is -0.670. The number of carbonyl (C=O) groups is 1. The number of aliphatic hydroxyl groups is 1. The summed E-state index contributed by atoms with van der Waals surface area (Å²) >= 11 is 0. The Morgan fingerprint density at radius 3 is 2.90 bits per heavy atom. The van der Waals surface area contributed by atoms with Crippen LogP contribution in [0.5, 0.6) is 0 Å². The average molecular weight is 405 g/mol. The maximum Gasteiger partial charge on any atom is 0.254 e. The lowest BCUT2D eigenvalue weighted by Crippen LogP contribution is -2.22. The molecule has 0 aliphatic carbocycles. The van der Waals surface area contributed by atoms with Crippen LogP contribution in [0, 0.1) is 17.1 Å². The fourth-order valence-corrected chi connectivity index (χ4v) is 3.89. The van der Waals surface area contributed by atoms with Crippen LogP contribution in [0.15, 0.2) is 36.5 Å². The largest absolute Gasteiger partial charge is 0.388 e. The minimum Gasteiger partial charge on any atom is -0.388 e. The number of nitriles is 1. The molecule has 8 nitrogen and oxygen atoms in total. The number of benzene rings is 1. The van der Waals surface area contributed by atoms with E-state index >= 15 is 0 Å². The summed E-state index contributed by atoms with van der Waals surface area (Å²) in [5.74, 6) is -0.853. The van der Waals surface area contributed by atoms with E-state index < -0.39 is 11.9 Å². The van der Waals surface area contributed by atoms with Gasteiger partial charge in [-0.3, -0.25) is 9.48 Å². The molecule has 4 heterocycles. The fourth-order valence-electron chi connectivity index (χ4n) is 3.89. The van der Waals surface area contributed by atoms with Crippen molar-refractivity contribution in [1.29, 1.82) is 5.26 Å². The molecule has 30 heavy (non-hydrogen) atoms. The van der Waals surface area contributed by atoms with Crippen molar-refractivity contribution in [2.24, 2.45) is 0 Å². The van der Waals surface area contributed by atoms with Crippen LogP contribution in [0.25, 0.3) is 22.5 Å². The van der Waals surface area contributed by atoms with Crippen LogP contribution >= 0.6 is 0 Å². The summed E-state index contributed by atoms with van der Waals surface area (Å²) in [5.41, 5.74) is 2.32. The topological polar surface area (TPSA) is 113 Å². The molecular weight excluding hydrogens is 389 g/mol. The van der Waals surface area contributed by atoms with Crippen molar-refractivity contribution in [3.8, 4) is 28.6 Å². The summed E-state index contributed by atoms with van der Waals surface area (Å²) in [6.45, 7) is 0.783. The predicted octanol–water partition coefficient (Wildman–Crippen LogP) is 1.80. The highest BCUT2D eigenvalue weighted by Gasteiger charge is 2.31. The maximum absolute atomic E-state index is 14.6. The van der Waals surface area contributed by atoms with Crippen molar-refractivity contribution in [3.05, 3.63) is 59.2 Å². The maximum atomic E-state index is 14.6. The molecule has 1 amide bonds. The molecule has 2 atom stereocenters. The van der Waals surface area contributed by atoms with Crippen molar-refractivity contribution in [2.45, 2.75) is 18.7 Å². The first-order valence-electron chi connectivity index (χ1n) is 9.39. The van der Waals surface area contributed by atoms with Gasteiger partial charge in [0, 0.05) is 11.8 Å². The molecule has 0 bridgehead atoms. The predicted molar refractivity (Wildman–Crippen MR) is 103 cm³/mol. The van der Waals surface area contributed by atoms with E-state index in [0.717, 1.165) is 0 Å². The molecule has 9 heteroatoms. The average Bonchev–Trinajstić information content (AvgIpc) is 3.47. The van der Waals surface area contributed by atoms with Gasteiger partial charge in [0.25, 0.3) is 5.91 Å². The van der Waals surface area contributed by atoms with E-state index in [9.17, 15) is 19.6 Å². The highest BCUT2D eigenvalue weighted by atomic mass is 19.1. The highest BCUT2D eigenvalue weighted by Crippen LogP contribution is 2.34. The second-order valence-electron chi connectivity index (χ2n) is 7.19. The van der Waals surface area contributed by atoms with E-state index in [2.05, 4.69) is 15.4 Å². The number of aromatic nitrogens is 3. The lowest BCUT2D eigenvalue weighted by atomic mass is 9.98. The highest BCUT2D eigenvalue weighted by molar-refractivity contribution is 6.04. The number of ether oxygens (including phenoxy) is 1. The molecule has 0 saturated carbocycles. The Morgan fingerprint density at radius 1 is 1.27 bits per heavy atom. The number of hydrogen-bond acceptors (Lipinski definition) is 6. The second kappa shape index (κ2) is 7.02. The number of nitrogens with one attached hydrogen (secondary N) is 1. The van der Waals surface area contributed by atoms with Gasteiger partial charge >= 0.3 is 0 Å². The van der Waals surface area contributed by atoms with Crippen molar-refractivity contribution < 1.29 is 19.0 Å². The number of pyridine rings is 1. The number of aliphatic hydroxyl groups excluding tert-OH is 1. The molecule has 3 aromatic rings. The van der Waals surface area contributed by atoms with Crippen LogP contribution in [-0.2, 0) is 11.3 Å². The molecule has 0 radical (unpaired) electrons. The van der Waals surface area contributed by atoms with Crippen LogP contribution in [-0.4, -0.2) is 45.1 Å². The molecule has 1 fully saturated rings. The van der Waals surface area contributed by atoms with Crippen molar-refractivity contribution in [3.63, 3.8) is 0 Å². The number of rotatable bonds is 3. The molecule has 150 valence electrons. The summed E-state index contributed by atoms with van der Waals surface area (Å²) in [7, 11) is 0. The van der Waals surface area contributed by atoms with Crippen molar-refractivity contribution in [1.82, 2.24) is 20.1 Å². The third-order valence-electron chi connectivity index (χ3n) is 5.37. The lowest BCUT2D eigenvalue weighted by molar-refractivity contribution is 0.0966. The van der Waals surface area contributed by atoms with Gasteiger partial charge in [-0.15, -0.1) is 0 Å². The van der Waals surface area contributed by atoms with Gasteiger partial charge in [-0.2, -0.15) is 10.4 Å². The van der Waals surface area contributed by atoms with Crippen LogP contribution in [0.3, 0.4) is 0 Å². The molecule has 0 spiro atoms. The zero-order valence-electron chi connectivity index (χ0n) is 15.7. The first kappa shape index (κ1) is 18.4. The molecule has 1 aromatic carbocycles. The van der Waals surface area contributed by atoms with Gasteiger partial charge in [-0.05, 0) is 24.3 Å². The first-order valence-corrected chi connectivity index (χ1v) is 9.39. The monoisotopic (exact) mass is 405 g/mol. The van der Waals surface area contributed by atoms with Gasteiger partial charge in [0.1, 0.15) is 18.0 Å². The summed E-state index contributed by atoms with van der Waals surface area (Å²) in [6, 6.07) is 9.23. The van der Waals surface area contributed by atoms with Gasteiger partial charge in [-0.25, -0.2) is 9.37 Å². The van der Waals surface area contributed by atoms with Crippen LogP contribution in [0.2, 0.25) is 0 Å². The fraction of sp³-hybridized carbons (Fsp3) is 0.238. The van der Waals surface area contributed by atoms with Gasteiger partial charge in [0.15, 0.2) is 0 Å². The number of amides is 1. The zero-order chi connectivity index (χ0) is 20.8. The summed E-state index contributed by atoms with van der Waals surface area (Å²) in [5, 5.41) is 26.7. The number of nitrogens with zero attached hydrogens (tertiary/aromatic N) is 4. The summed E-state index contributed by atoms with van der Waals surface area (Å²) < 4.78 is 21.5. The van der Waals surface area contributed by atoms with E-state index in [0.29, 0.717) is 29.1 Å². The SMILES string of the molecule is N#Cc1cccc(F)c1-c1cc(-c2ccn(C3COC[C@@H]3O)n2)c2c(n1)CNC2=O. The molecule has 2 aromatic heterocycles. The van der Waals surface area contributed by atoms with E-state index in [1.54, 1.807) is 23.0 Å². The quantitative estimate of drug-likeness (QED) is 0.687. The van der Waals surface area contributed by atoms with E-state index in [1.165, 1.54) is 18.2 Å². The Hall–Kier alpha value is -3.61. The van der Waals surface area contributed by atoms with E-state index in [-0.39, 0.29) is 41.9 Å². The van der Waals surface area contributed by atoms with Gasteiger partial charge in [-0.1, -0.05) is 6.07 Å².